The minimum Gasteiger partial charge on any atom is -0.508 e. The lowest BCUT2D eigenvalue weighted by Crippen LogP contribution is -1.80. The highest BCUT2D eigenvalue weighted by Gasteiger charge is 2.16. The van der Waals surface area contributed by atoms with Crippen LogP contribution < -0.4 is 0 Å². The van der Waals surface area contributed by atoms with Crippen LogP contribution in [0.1, 0.15) is 5.56 Å². The standard InChI is InChI=1S/C15H9F2NO3.C5H5N.FH/c1-7(16)10-5-9(19)6-12-14(10)21-15(18-12)8-2-3-13(20)11(17)4-8;1-2-4-6-5-3-1;/h2-6,19-20H,1H2;1-5H;1H. The van der Waals surface area contributed by atoms with Crippen LogP contribution in [0.5, 0.6) is 11.5 Å². The van der Waals surface area contributed by atoms with Gasteiger partial charge < -0.3 is 14.6 Å². The Kier molecular flexibility index (Phi) is 6.38. The minimum absolute atomic E-state index is 0. The SMILES string of the molecule is C=C(F)c1cc(O)cc2nc(-c3ccc(O)c(F)c3)oc12.F.c1ccncc1. The van der Waals surface area contributed by atoms with Gasteiger partial charge in [0.1, 0.15) is 17.1 Å². The highest BCUT2D eigenvalue weighted by atomic mass is 19.1. The molecule has 0 unspecified atom stereocenters. The molecule has 0 saturated heterocycles. The van der Waals surface area contributed by atoms with E-state index in [0.29, 0.717) is 0 Å². The van der Waals surface area contributed by atoms with Crippen LogP contribution in [0.25, 0.3) is 28.4 Å². The molecular weight excluding hydrogens is 373 g/mol. The quantitative estimate of drug-likeness (QED) is 0.492. The van der Waals surface area contributed by atoms with E-state index in [1.807, 2.05) is 18.2 Å². The van der Waals surface area contributed by atoms with Crippen molar-refractivity contribution in [3.63, 3.8) is 0 Å². The first-order valence-corrected chi connectivity index (χ1v) is 7.78. The van der Waals surface area contributed by atoms with Gasteiger partial charge in [0, 0.05) is 24.0 Å². The molecule has 2 N–H and O–H groups in total. The predicted octanol–water partition coefficient (Wildman–Crippen LogP) is 5.22. The van der Waals surface area contributed by atoms with E-state index < -0.39 is 17.4 Å². The van der Waals surface area contributed by atoms with Gasteiger partial charge in [-0.15, -0.1) is 0 Å². The molecule has 0 saturated carbocycles. The van der Waals surface area contributed by atoms with Gasteiger partial charge in [0.25, 0.3) is 0 Å². The Balaban J connectivity index is 0.000000344. The molecule has 0 aliphatic carbocycles. The molecule has 144 valence electrons. The highest BCUT2D eigenvalue weighted by molar-refractivity contribution is 5.88. The molecule has 0 fully saturated rings. The summed E-state index contributed by atoms with van der Waals surface area (Å²) in [6.07, 6.45) is 3.50. The Morgan fingerprint density at radius 3 is 2.29 bits per heavy atom. The van der Waals surface area contributed by atoms with E-state index in [9.17, 15) is 13.9 Å². The van der Waals surface area contributed by atoms with Crippen molar-refractivity contribution in [3.8, 4) is 23.0 Å². The number of aromatic hydroxyl groups is 2. The summed E-state index contributed by atoms with van der Waals surface area (Å²) < 4.78 is 32.2. The third kappa shape index (κ3) is 4.47. The van der Waals surface area contributed by atoms with E-state index >= 15 is 0 Å². The van der Waals surface area contributed by atoms with Crippen molar-refractivity contribution in [1.29, 1.82) is 0 Å². The van der Waals surface area contributed by atoms with Crippen LogP contribution in [0.15, 0.2) is 71.9 Å². The number of rotatable bonds is 2. The molecule has 8 heteroatoms. The summed E-state index contributed by atoms with van der Waals surface area (Å²) in [7, 11) is 0. The average Bonchev–Trinajstić information content (AvgIpc) is 3.09. The summed E-state index contributed by atoms with van der Waals surface area (Å²) in [4.78, 5) is 7.86. The number of phenols is 2. The fraction of sp³-hybridized carbons (Fsp3) is 0. The number of benzene rings is 2. The van der Waals surface area contributed by atoms with E-state index in [2.05, 4.69) is 16.5 Å². The van der Waals surface area contributed by atoms with Crippen LogP contribution in [0.4, 0.5) is 13.5 Å². The fourth-order valence-electron chi connectivity index (χ4n) is 2.30. The topological polar surface area (TPSA) is 79.4 Å². The molecule has 0 aliphatic heterocycles. The van der Waals surface area contributed by atoms with E-state index in [4.69, 9.17) is 9.52 Å². The van der Waals surface area contributed by atoms with E-state index in [1.54, 1.807) is 12.4 Å². The number of nitrogens with zero attached hydrogens (tertiary/aromatic N) is 2. The summed E-state index contributed by atoms with van der Waals surface area (Å²) in [5.41, 5.74) is 0.565. The van der Waals surface area contributed by atoms with Crippen LogP contribution in [0.2, 0.25) is 0 Å². The van der Waals surface area contributed by atoms with Crippen molar-refractivity contribution < 1.29 is 28.1 Å². The first-order chi connectivity index (χ1) is 13.0. The molecule has 5 nitrogen and oxygen atoms in total. The molecule has 4 rings (SSSR count). The Hall–Kier alpha value is -3.81. The lowest BCUT2D eigenvalue weighted by Gasteiger charge is -1.99. The third-order valence-corrected chi connectivity index (χ3v) is 3.53. The Morgan fingerprint density at radius 2 is 1.75 bits per heavy atom. The number of pyridine rings is 1. The van der Waals surface area contributed by atoms with Crippen LogP contribution in [-0.2, 0) is 0 Å². The van der Waals surface area contributed by atoms with Crippen LogP contribution >= 0.6 is 0 Å². The van der Waals surface area contributed by atoms with Gasteiger partial charge >= 0.3 is 0 Å². The molecule has 0 radical (unpaired) electrons. The summed E-state index contributed by atoms with van der Waals surface area (Å²) in [5, 5.41) is 18.7. The number of hydrogen-bond acceptors (Lipinski definition) is 5. The third-order valence-electron chi connectivity index (χ3n) is 3.53. The molecule has 2 aromatic heterocycles. The van der Waals surface area contributed by atoms with Crippen LogP contribution in [-0.4, -0.2) is 20.2 Å². The van der Waals surface area contributed by atoms with Crippen molar-refractivity contribution in [3.05, 3.63) is 78.9 Å². The second-order valence-corrected chi connectivity index (χ2v) is 5.46. The highest BCUT2D eigenvalue weighted by Crippen LogP contribution is 2.33. The Morgan fingerprint density at radius 1 is 1.04 bits per heavy atom. The largest absolute Gasteiger partial charge is 0.508 e. The lowest BCUT2D eigenvalue weighted by molar-refractivity contribution is 0.432. The van der Waals surface area contributed by atoms with Gasteiger partial charge in [0.2, 0.25) is 5.89 Å². The van der Waals surface area contributed by atoms with Crippen molar-refractivity contribution >= 4 is 16.9 Å². The molecule has 0 aliphatic rings. The number of phenolic OH excluding ortho intramolecular Hbond substituents is 2. The van der Waals surface area contributed by atoms with E-state index in [1.165, 1.54) is 12.1 Å². The predicted molar refractivity (Wildman–Crippen MR) is 99.6 cm³/mol. The van der Waals surface area contributed by atoms with Gasteiger partial charge in [0.05, 0.1) is 5.56 Å². The van der Waals surface area contributed by atoms with Crippen molar-refractivity contribution in [2.75, 3.05) is 0 Å². The number of oxazole rings is 1. The number of hydrogen-bond donors (Lipinski definition) is 2. The van der Waals surface area contributed by atoms with Gasteiger partial charge in [-0.2, -0.15) is 0 Å². The number of aromatic nitrogens is 2. The summed E-state index contributed by atoms with van der Waals surface area (Å²) >= 11 is 0. The number of fused-ring (bicyclic) bond motifs is 1. The fourth-order valence-corrected chi connectivity index (χ4v) is 2.30. The molecule has 4 aromatic rings. The maximum atomic E-state index is 13.4. The summed E-state index contributed by atoms with van der Waals surface area (Å²) in [6.45, 7) is 3.17. The molecule has 0 spiro atoms. The molecule has 28 heavy (non-hydrogen) atoms. The monoisotopic (exact) mass is 388 g/mol. The summed E-state index contributed by atoms with van der Waals surface area (Å²) in [5.74, 6) is -2.25. The van der Waals surface area contributed by atoms with Gasteiger partial charge in [0.15, 0.2) is 17.1 Å². The second-order valence-electron chi connectivity index (χ2n) is 5.46. The molecular formula is C20H15F3N2O3. The van der Waals surface area contributed by atoms with Crippen molar-refractivity contribution in [2.45, 2.75) is 0 Å². The maximum absolute atomic E-state index is 13.4. The second kappa shape index (κ2) is 8.72. The van der Waals surface area contributed by atoms with Gasteiger partial charge in [-0.05, 0) is 36.4 Å². The minimum atomic E-state index is -0.826. The van der Waals surface area contributed by atoms with E-state index in [0.717, 1.165) is 18.2 Å². The molecule has 0 bridgehead atoms. The zero-order chi connectivity index (χ0) is 19.4. The van der Waals surface area contributed by atoms with E-state index in [-0.39, 0.29) is 38.6 Å². The van der Waals surface area contributed by atoms with Crippen molar-refractivity contribution in [2.24, 2.45) is 0 Å². The Labute approximate surface area is 157 Å². The van der Waals surface area contributed by atoms with Gasteiger partial charge in [-0.3, -0.25) is 9.69 Å². The number of halogens is 3. The smallest absolute Gasteiger partial charge is 0.227 e. The first-order valence-electron chi connectivity index (χ1n) is 7.78. The summed E-state index contributed by atoms with van der Waals surface area (Å²) in [6, 6.07) is 11.8. The van der Waals surface area contributed by atoms with Gasteiger partial charge in [-0.25, -0.2) is 13.8 Å². The molecule has 2 heterocycles. The zero-order valence-electron chi connectivity index (χ0n) is 14.3. The van der Waals surface area contributed by atoms with Crippen LogP contribution in [0.3, 0.4) is 0 Å². The maximum Gasteiger partial charge on any atom is 0.227 e. The van der Waals surface area contributed by atoms with Crippen LogP contribution in [0, 0.1) is 5.82 Å². The molecule has 0 amide bonds. The Bertz CT molecular complexity index is 1070. The molecule has 2 aromatic carbocycles. The first kappa shape index (κ1) is 20.5. The lowest BCUT2D eigenvalue weighted by atomic mass is 10.1. The average molecular weight is 388 g/mol. The zero-order valence-corrected chi connectivity index (χ0v) is 14.3. The van der Waals surface area contributed by atoms with Gasteiger partial charge in [-0.1, -0.05) is 12.6 Å². The molecule has 0 atom stereocenters. The normalized spacial score (nSPS) is 9.93. The van der Waals surface area contributed by atoms with Crippen molar-refractivity contribution in [1.82, 2.24) is 9.97 Å².